The van der Waals surface area contributed by atoms with Crippen LogP contribution in [0, 0.1) is 0 Å². The van der Waals surface area contributed by atoms with Crippen molar-refractivity contribution in [3.63, 3.8) is 0 Å². The van der Waals surface area contributed by atoms with Crippen LogP contribution in [-0.4, -0.2) is 13.2 Å². The Bertz CT molecular complexity index is 788. The van der Waals surface area contributed by atoms with Gasteiger partial charge in [0.2, 0.25) is 0 Å². The van der Waals surface area contributed by atoms with E-state index in [2.05, 4.69) is 20.8 Å². The minimum atomic E-state index is -3.34. The lowest BCUT2D eigenvalue weighted by molar-refractivity contribution is 0.481. The van der Waals surface area contributed by atoms with Crippen LogP contribution < -0.4 is 4.74 Å². The Labute approximate surface area is 145 Å². The van der Waals surface area contributed by atoms with E-state index in [4.69, 9.17) is 4.74 Å². The second-order valence-electron chi connectivity index (χ2n) is 7.96. The molecule has 0 saturated carbocycles. The van der Waals surface area contributed by atoms with Gasteiger partial charge in [0.25, 0.3) is 0 Å². The van der Waals surface area contributed by atoms with E-state index in [9.17, 15) is 8.42 Å². The van der Waals surface area contributed by atoms with Crippen molar-refractivity contribution in [2.75, 3.05) is 0 Å². The number of ether oxygens (including phenoxy) is 1. The van der Waals surface area contributed by atoms with Crippen molar-refractivity contribution in [2.24, 2.45) is 0 Å². The highest BCUT2D eigenvalue weighted by molar-refractivity contribution is 7.92. The van der Waals surface area contributed by atoms with Gasteiger partial charge in [-0.05, 0) is 68.1 Å². The first-order valence-electron chi connectivity index (χ1n) is 8.04. The minimum absolute atomic E-state index is 0.0987. The second kappa shape index (κ2) is 6.25. The fourth-order valence-electron chi connectivity index (χ4n) is 2.20. The summed E-state index contributed by atoms with van der Waals surface area (Å²) in [6.45, 7) is 11.6. The van der Waals surface area contributed by atoms with Gasteiger partial charge in [-0.15, -0.1) is 0 Å². The van der Waals surface area contributed by atoms with Gasteiger partial charge in [-0.1, -0.05) is 32.9 Å². The molecule has 0 amide bonds. The highest BCUT2D eigenvalue weighted by Gasteiger charge is 2.30. The average molecular weight is 346 g/mol. The summed E-state index contributed by atoms with van der Waals surface area (Å²) in [5, 5.41) is 0. The topological polar surface area (TPSA) is 43.4 Å². The first-order valence-corrected chi connectivity index (χ1v) is 9.53. The summed E-state index contributed by atoms with van der Waals surface area (Å²) < 4.78 is 29.8. The van der Waals surface area contributed by atoms with Gasteiger partial charge in [-0.2, -0.15) is 0 Å². The van der Waals surface area contributed by atoms with Crippen LogP contribution in [0.2, 0.25) is 0 Å². The van der Waals surface area contributed by atoms with Crippen molar-refractivity contribution < 1.29 is 13.2 Å². The summed E-state index contributed by atoms with van der Waals surface area (Å²) in [5.74, 6) is 1.35. The fraction of sp³-hybridized carbons (Fsp3) is 0.400. The summed E-state index contributed by atoms with van der Waals surface area (Å²) in [6.07, 6.45) is 0. The van der Waals surface area contributed by atoms with E-state index in [0.29, 0.717) is 10.6 Å². The van der Waals surface area contributed by atoms with E-state index in [1.807, 2.05) is 24.3 Å². The van der Waals surface area contributed by atoms with Crippen LogP contribution in [0.3, 0.4) is 0 Å². The van der Waals surface area contributed by atoms with E-state index < -0.39 is 14.6 Å². The number of sulfone groups is 1. The molecule has 0 saturated heterocycles. The zero-order valence-electron chi connectivity index (χ0n) is 15.3. The quantitative estimate of drug-likeness (QED) is 0.752. The van der Waals surface area contributed by atoms with Gasteiger partial charge in [0, 0.05) is 0 Å². The molecule has 0 aliphatic carbocycles. The number of hydrogen-bond acceptors (Lipinski definition) is 3. The third kappa shape index (κ3) is 3.99. The smallest absolute Gasteiger partial charge is 0.183 e. The normalized spacial score (nSPS) is 12.9. The summed E-state index contributed by atoms with van der Waals surface area (Å²) in [5.41, 5.74) is 1.34. The van der Waals surface area contributed by atoms with Crippen LogP contribution in [0.15, 0.2) is 53.4 Å². The fourth-order valence-corrected chi connectivity index (χ4v) is 3.40. The molecule has 0 spiro atoms. The molecule has 0 atom stereocenters. The van der Waals surface area contributed by atoms with Gasteiger partial charge in [0.05, 0.1) is 9.64 Å². The lowest BCUT2D eigenvalue weighted by atomic mass is 9.87. The van der Waals surface area contributed by atoms with E-state index in [1.165, 1.54) is 5.56 Å². The third-order valence-electron chi connectivity index (χ3n) is 3.90. The molecule has 130 valence electrons. The van der Waals surface area contributed by atoms with Gasteiger partial charge < -0.3 is 4.74 Å². The average Bonchev–Trinajstić information content (AvgIpc) is 2.46. The Morgan fingerprint density at radius 1 is 0.708 bits per heavy atom. The molecular formula is C20H26O3S. The molecule has 3 nitrogen and oxygen atoms in total. The van der Waals surface area contributed by atoms with Crippen LogP contribution in [-0.2, 0) is 15.3 Å². The van der Waals surface area contributed by atoms with E-state index in [0.717, 1.165) is 5.75 Å². The van der Waals surface area contributed by atoms with Gasteiger partial charge in [0.15, 0.2) is 9.84 Å². The van der Waals surface area contributed by atoms with Gasteiger partial charge in [0.1, 0.15) is 11.5 Å². The van der Waals surface area contributed by atoms with Crippen LogP contribution >= 0.6 is 0 Å². The third-order valence-corrected chi connectivity index (χ3v) is 6.40. The summed E-state index contributed by atoms with van der Waals surface area (Å²) in [7, 11) is -3.34. The summed E-state index contributed by atoms with van der Waals surface area (Å²) in [6, 6.07) is 14.5. The monoisotopic (exact) mass is 346 g/mol. The lowest BCUT2D eigenvalue weighted by Crippen LogP contribution is -2.27. The summed E-state index contributed by atoms with van der Waals surface area (Å²) >= 11 is 0. The minimum Gasteiger partial charge on any atom is -0.457 e. The Kier molecular flexibility index (Phi) is 4.82. The van der Waals surface area contributed by atoms with Crippen molar-refractivity contribution in [2.45, 2.75) is 56.6 Å². The molecule has 2 aromatic carbocycles. The zero-order valence-corrected chi connectivity index (χ0v) is 16.1. The molecule has 4 heteroatoms. The molecule has 0 aliphatic rings. The van der Waals surface area contributed by atoms with Gasteiger partial charge in [-0.3, -0.25) is 0 Å². The predicted molar refractivity (Wildman–Crippen MR) is 98.6 cm³/mol. The van der Waals surface area contributed by atoms with Crippen molar-refractivity contribution in [3.05, 3.63) is 54.1 Å². The van der Waals surface area contributed by atoms with Crippen LogP contribution in [0.1, 0.15) is 47.1 Å². The van der Waals surface area contributed by atoms with Crippen molar-refractivity contribution in [1.29, 1.82) is 0 Å². The molecule has 24 heavy (non-hydrogen) atoms. The van der Waals surface area contributed by atoms with E-state index in [1.54, 1.807) is 45.0 Å². The molecule has 0 N–H and O–H groups in total. The first kappa shape index (κ1) is 18.5. The number of hydrogen-bond donors (Lipinski definition) is 0. The highest BCUT2D eigenvalue weighted by atomic mass is 32.2. The van der Waals surface area contributed by atoms with Gasteiger partial charge in [-0.25, -0.2) is 8.42 Å². The molecule has 0 heterocycles. The van der Waals surface area contributed by atoms with Gasteiger partial charge >= 0.3 is 0 Å². The summed E-state index contributed by atoms with van der Waals surface area (Å²) in [4.78, 5) is 0.311. The highest BCUT2D eigenvalue weighted by Crippen LogP contribution is 2.29. The van der Waals surface area contributed by atoms with Crippen molar-refractivity contribution in [3.8, 4) is 11.5 Å². The maximum Gasteiger partial charge on any atom is 0.183 e. The largest absolute Gasteiger partial charge is 0.457 e. The molecule has 2 aromatic rings. The van der Waals surface area contributed by atoms with Crippen LogP contribution in [0.4, 0.5) is 0 Å². The molecule has 2 rings (SSSR count). The van der Waals surface area contributed by atoms with E-state index >= 15 is 0 Å². The number of benzene rings is 2. The molecular weight excluding hydrogens is 320 g/mol. The van der Waals surface area contributed by atoms with Crippen molar-refractivity contribution in [1.82, 2.24) is 0 Å². The Balaban J connectivity index is 2.18. The van der Waals surface area contributed by atoms with Crippen LogP contribution in [0.25, 0.3) is 0 Å². The second-order valence-corrected chi connectivity index (χ2v) is 10.7. The molecule has 0 unspecified atom stereocenters. The zero-order chi connectivity index (χ0) is 18.2. The predicted octanol–water partition coefficient (Wildman–Crippen LogP) is 5.35. The Hall–Kier alpha value is -1.81. The van der Waals surface area contributed by atoms with Crippen LogP contribution in [0.5, 0.6) is 11.5 Å². The van der Waals surface area contributed by atoms with Crippen molar-refractivity contribution >= 4 is 9.84 Å². The Morgan fingerprint density at radius 2 is 1.12 bits per heavy atom. The van der Waals surface area contributed by atoms with E-state index in [-0.39, 0.29) is 5.41 Å². The molecule has 0 aromatic heterocycles. The Morgan fingerprint density at radius 3 is 1.50 bits per heavy atom. The molecule has 0 aliphatic heterocycles. The lowest BCUT2D eigenvalue weighted by Gasteiger charge is -2.20. The number of rotatable bonds is 3. The molecule has 0 radical (unpaired) electrons. The standard InChI is InChI=1S/C20H26O3S/c1-19(2,3)15-7-9-16(10-8-15)23-17-11-13-18(14-12-17)24(21,22)20(4,5)6/h7-14H,1-6H3. The SMILES string of the molecule is CC(C)(C)c1ccc(Oc2ccc(S(=O)(=O)C(C)(C)C)cc2)cc1. The molecule has 0 bridgehead atoms. The maximum atomic E-state index is 12.4. The molecule has 0 fully saturated rings. The maximum absolute atomic E-state index is 12.4. The first-order chi connectivity index (χ1) is 10.9.